The number of aryl methyl sites for hydroxylation is 1. The predicted octanol–water partition coefficient (Wildman–Crippen LogP) is 2.43. The lowest BCUT2D eigenvalue weighted by molar-refractivity contribution is -0.0946. The Kier molecular flexibility index (Phi) is 5.52. The summed E-state index contributed by atoms with van der Waals surface area (Å²) in [5, 5.41) is 3.46. The van der Waals surface area contributed by atoms with E-state index in [0.717, 1.165) is 58.4 Å². The first-order valence-corrected chi connectivity index (χ1v) is 9.44. The van der Waals surface area contributed by atoms with Gasteiger partial charge in [0, 0.05) is 43.8 Å². The lowest BCUT2D eigenvalue weighted by Crippen LogP contribution is -2.53. The summed E-state index contributed by atoms with van der Waals surface area (Å²) in [5.41, 5.74) is 4.36. The Morgan fingerprint density at radius 3 is 2.52 bits per heavy atom. The van der Waals surface area contributed by atoms with Gasteiger partial charge in [-0.15, -0.1) is 0 Å². The molecule has 2 heterocycles. The number of nitrogens with zero attached hydrogens (tertiary/aromatic N) is 3. The molecule has 0 aliphatic carbocycles. The number of ether oxygens (including phenoxy) is 1. The van der Waals surface area contributed by atoms with Crippen LogP contribution >= 0.6 is 0 Å². The molecule has 0 radical (unpaired) electrons. The van der Waals surface area contributed by atoms with Crippen LogP contribution in [0, 0.1) is 19.3 Å². The molecule has 1 N–H and O–H groups in total. The third-order valence-corrected chi connectivity index (χ3v) is 5.34. The van der Waals surface area contributed by atoms with E-state index in [0.29, 0.717) is 0 Å². The first-order chi connectivity index (χ1) is 12.0. The number of benzene rings is 1. The lowest BCUT2D eigenvalue weighted by atomic mass is 9.89. The highest BCUT2D eigenvalue weighted by atomic mass is 16.5. The van der Waals surface area contributed by atoms with E-state index in [2.05, 4.69) is 61.0 Å². The Balaban J connectivity index is 1.62. The van der Waals surface area contributed by atoms with E-state index in [1.54, 1.807) is 0 Å². The minimum absolute atomic E-state index is 0.223. The van der Waals surface area contributed by atoms with Gasteiger partial charge in [-0.05, 0) is 38.0 Å². The van der Waals surface area contributed by atoms with Gasteiger partial charge in [-0.2, -0.15) is 0 Å². The van der Waals surface area contributed by atoms with Gasteiger partial charge in [0.1, 0.15) is 0 Å². The molecule has 2 aliphatic rings. The largest absolute Gasteiger partial charge is 0.380 e. The number of hydrogen-bond acceptors (Lipinski definition) is 3. The second-order valence-electron chi connectivity index (χ2n) is 7.67. The van der Waals surface area contributed by atoms with Crippen molar-refractivity contribution in [1.29, 1.82) is 0 Å². The summed E-state index contributed by atoms with van der Waals surface area (Å²) in [4.78, 5) is 9.79. The molecule has 0 spiro atoms. The third-order valence-electron chi connectivity index (χ3n) is 5.34. The monoisotopic (exact) mass is 344 g/mol. The number of guanidine groups is 1. The number of aliphatic imine (C=N–C) groups is 1. The molecule has 25 heavy (non-hydrogen) atoms. The first-order valence-electron chi connectivity index (χ1n) is 9.44. The maximum Gasteiger partial charge on any atom is 0.194 e. The van der Waals surface area contributed by atoms with Crippen LogP contribution in [0.4, 0.5) is 5.69 Å². The molecule has 1 aromatic rings. The molecule has 0 atom stereocenters. The van der Waals surface area contributed by atoms with Crippen molar-refractivity contribution < 1.29 is 4.74 Å². The van der Waals surface area contributed by atoms with Gasteiger partial charge < -0.3 is 19.9 Å². The number of hydrogen-bond donors (Lipinski definition) is 1. The predicted molar refractivity (Wildman–Crippen MR) is 105 cm³/mol. The van der Waals surface area contributed by atoms with Crippen LogP contribution in [0.3, 0.4) is 0 Å². The number of rotatable bonds is 4. The SMILES string of the molecule is CCNC(=NCC1(C)COC1)N1CCN(c2cccc(C)c2C)CC1. The van der Waals surface area contributed by atoms with E-state index in [-0.39, 0.29) is 5.41 Å². The highest BCUT2D eigenvalue weighted by Gasteiger charge is 2.33. The van der Waals surface area contributed by atoms with E-state index in [1.165, 1.54) is 16.8 Å². The van der Waals surface area contributed by atoms with Crippen LogP contribution in [0.2, 0.25) is 0 Å². The van der Waals surface area contributed by atoms with E-state index in [9.17, 15) is 0 Å². The molecule has 5 nitrogen and oxygen atoms in total. The Bertz CT molecular complexity index is 616. The third kappa shape index (κ3) is 4.09. The number of piperazine rings is 1. The average molecular weight is 345 g/mol. The van der Waals surface area contributed by atoms with Gasteiger partial charge in [-0.3, -0.25) is 4.99 Å². The van der Waals surface area contributed by atoms with Crippen LogP contribution in [-0.2, 0) is 4.74 Å². The van der Waals surface area contributed by atoms with Crippen LogP contribution in [0.15, 0.2) is 23.2 Å². The van der Waals surface area contributed by atoms with Crippen molar-refractivity contribution in [3.63, 3.8) is 0 Å². The second kappa shape index (κ2) is 7.65. The molecular weight excluding hydrogens is 312 g/mol. The van der Waals surface area contributed by atoms with E-state index < -0.39 is 0 Å². The lowest BCUT2D eigenvalue weighted by Gasteiger charge is -2.40. The normalized spacial score (nSPS) is 20.4. The zero-order chi connectivity index (χ0) is 17.9. The zero-order valence-corrected chi connectivity index (χ0v) is 16.1. The number of nitrogens with one attached hydrogen (secondary N) is 1. The van der Waals surface area contributed by atoms with Crippen LogP contribution in [-0.4, -0.2) is 63.3 Å². The maximum atomic E-state index is 5.35. The van der Waals surface area contributed by atoms with E-state index >= 15 is 0 Å². The van der Waals surface area contributed by atoms with Gasteiger partial charge in [0.05, 0.1) is 19.8 Å². The van der Waals surface area contributed by atoms with Crippen LogP contribution in [0.1, 0.15) is 25.0 Å². The second-order valence-corrected chi connectivity index (χ2v) is 7.67. The fraction of sp³-hybridized carbons (Fsp3) is 0.650. The van der Waals surface area contributed by atoms with Crippen LogP contribution in [0.25, 0.3) is 0 Å². The van der Waals surface area contributed by atoms with Gasteiger partial charge in [-0.1, -0.05) is 19.1 Å². The van der Waals surface area contributed by atoms with Crippen molar-refractivity contribution in [3.8, 4) is 0 Å². The Morgan fingerprint density at radius 2 is 1.92 bits per heavy atom. The molecule has 0 amide bonds. The maximum absolute atomic E-state index is 5.35. The molecule has 2 aliphatic heterocycles. The molecule has 0 saturated carbocycles. The standard InChI is InChI=1S/C20H32N4O/c1-5-21-19(22-13-20(4)14-25-15-20)24-11-9-23(10-12-24)18-8-6-7-16(2)17(18)3/h6-8H,5,9-15H2,1-4H3,(H,21,22). The van der Waals surface area contributed by atoms with Crippen molar-refractivity contribution in [2.24, 2.45) is 10.4 Å². The minimum atomic E-state index is 0.223. The molecular formula is C20H32N4O. The summed E-state index contributed by atoms with van der Waals surface area (Å²) >= 11 is 0. The van der Waals surface area contributed by atoms with Crippen molar-refractivity contribution in [2.75, 3.05) is 57.4 Å². The molecule has 0 bridgehead atoms. The van der Waals surface area contributed by atoms with Gasteiger partial charge in [-0.25, -0.2) is 0 Å². The molecule has 0 aromatic heterocycles. The van der Waals surface area contributed by atoms with Crippen molar-refractivity contribution in [1.82, 2.24) is 10.2 Å². The zero-order valence-electron chi connectivity index (χ0n) is 16.1. The molecule has 5 heteroatoms. The summed E-state index contributed by atoms with van der Waals surface area (Å²) in [6.07, 6.45) is 0. The molecule has 2 fully saturated rings. The Morgan fingerprint density at radius 1 is 1.20 bits per heavy atom. The summed E-state index contributed by atoms with van der Waals surface area (Å²) < 4.78 is 5.35. The van der Waals surface area contributed by atoms with E-state index in [1.807, 2.05) is 0 Å². The van der Waals surface area contributed by atoms with E-state index in [4.69, 9.17) is 9.73 Å². The molecule has 138 valence electrons. The Hall–Kier alpha value is -1.75. The quantitative estimate of drug-likeness (QED) is 0.673. The highest BCUT2D eigenvalue weighted by Crippen LogP contribution is 2.27. The fourth-order valence-corrected chi connectivity index (χ4v) is 3.47. The smallest absolute Gasteiger partial charge is 0.194 e. The first kappa shape index (κ1) is 18.1. The average Bonchev–Trinajstić information content (AvgIpc) is 2.59. The molecule has 2 saturated heterocycles. The summed E-state index contributed by atoms with van der Waals surface area (Å²) in [6.45, 7) is 16.3. The summed E-state index contributed by atoms with van der Waals surface area (Å²) in [6, 6.07) is 6.60. The summed E-state index contributed by atoms with van der Waals surface area (Å²) in [5.74, 6) is 1.05. The van der Waals surface area contributed by atoms with Crippen LogP contribution in [0.5, 0.6) is 0 Å². The van der Waals surface area contributed by atoms with Crippen molar-refractivity contribution in [3.05, 3.63) is 29.3 Å². The topological polar surface area (TPSA) is 40.1 Å². The molecule has 1 aromatic carbocycles. The highest BCUT2D eigenvalue weighted by molar-refractivity contribution is 5.80. The van der Waals surface area contributed by atoms with Gasteiger partial charge in [0.15, 0.2) is 5.96 Å². The van der Waals surface area contributed by atoms with Gasteiger partial charge in [0.25, 0.3) is 0 Å². The molecule has 0 unspecified atom stereocenters. The number of anilines is 1. The molecule has 3 rings (SSSR count). The Labute approximate surface area is 152 Å². The van der Waals surface area contributed by atoms with Crippen molar-refractivity contribution in [2.45, 2.75) is 27.7 Å². The van der Waals surface area contributed by atoms with Crippen molar-refractivity contribution >= 4 is 11.6 Å². The van der Waals surface area contributed by atoms with Gasteiger partial charge >= 0.3 is 0 Å². The summed E-state index contributed by atoms with van der Waals surface area (Å²) in [7, 11) is 0. The van der Waals surface area contributed by atoms with Gasteiger partial charge in [0.2, 0.25) is 0 Å². The minimum Gasteiger partial charge on any atom is -0.380 e. The fourth-order valence-electron chi connectivity index (χ4n) is 3.47. The van der Waals surface area contributed by atoms with Crippen LogP contribution < -0.4 is 10.2 Å².